The fourth-order valence-corrected chi connectivity index (χ4v) is 3.59. The maximum absolute atomic E-state index is 6.12. The number of fused-ring (bicyclic) bond motifs is 1. The number of halogens is 2. The molecule has 0 bridgehead atoms. The molecule has 3 rings (SSSR count). The fourth-order valence-electron chi connectivity index (χ4n) is 2.95. The molecule has 0 fully saturated rings. The molecule has 1 aliphatic heterocycles. The van der Waals surface area contributed by atoms with Gasteiger partial charge < -0.3 is 4.90 Å². The van der Waals surface area contributed by atoms with Crippen molar-refractivity contribution in [3.63, 3.8) is 0 Å². The van der Waals surface area contributed by atoms with Crippen molar-refractivity contribution in [2.45, 2.75) is 18.7 Å². The molecule has 1 heterocycles. The lowest BCUT2D eigenvalue weighted by molar-refractivity contribution is 0.562. The van der Waals surface area contributed by atoms with Gasteiger partial charge in [-0.25, -0.2) is 0 Å². The van der Waals surface area contributed by atoms with Crippen LogP contribution in [0, 0.1) is 5.92 Å². The average molecular weight is 351 g/mol. The van der Waals surface area contributed by atoms with Crippen LogP contribution in [0.3, 0.4) is 0 Å². The van der Waals surface area contributed by atoms with Crippen molar-refractivity contribution < 1.29 is 0 Å². The monoisotopic (exact) mass is 349 g/mol. The summed E-state index contributed by atoms with van der Waals surface area (Å²) in [7, 11) is 0. The first-order chi connectivity index (χ1) is 9.69. The molecule has 0 aromatic heterocycles. The van der Waals surface area contributed by atoms with E-state index in [1.165, 1.54) is 22.5 Å². The lowest BCUT2D eigenvalue weighted by Gasteiger charge is -2.36. The van der Waals surface area contributed by atoms with E-state index in [1.54, 1.807) is 0 Å². The lowest BCUT2D eigenvalue weighted by Crippen LogP contribution is -2.30. The Labute approximate surface area is 133 Å². The van der Waals surface area contributed by atoms with Gasteiger partial charge in [0.2, 0.25) is 0 Å². The molecule has 1 unspecified atom stereocenters. The van der Waals surface area contributed by atoms with Gasteiger partial charge in [-0.2, -0.15) is 0 Å². The summed E-state index contributed by atoms with van der Waals surface area (Å²) in [5.41, 5.74) is 5.25. The topological polar surface area (TPSA) is 3.24 Å². The lowest BCUT2D eigenvalue weighted by atomic mass is 9.93. The van der Waals surface area contributed by atoms with Gasteiger partial charge in [0.05, 0.1) is 0 Å². The Bertz CT molecular complexity index is 626. The average Bonchev–Trinajstić information content (AvgIpc) is 2.46. The molecule has 0 radical (unpaired) electrons. The Balaban J connectivity index is 2.10. The Morgan fingerprint density at radius 2 is 2.00 bits per heavy atom. The summed E-state index contributed by atoms with van der Waals surface area (Å²) in [5, 5.41) is 1.61. The van der Waals surface area contributed by atoms with Gasteiger partial charge >= 0.3 is 0 Å². The highest BCUT2D eigenvalue weighted by Gasteiger charge is 2.23. The third-order valence-electron chi connectivity index (χ3n) is 3.82. The van der Waals surface area contributed by atoms with Crippen molar-refractivity contribution in [3.8, 4) is 0 Å². The SMILES string of the molecule is CC1Cc2ccccc2N(c2ccc(Cl)cc2CBr)C1. The Morgan fingerprint density at radius 1 is 1.20 bits per heavy atom. The van der Waals surface area contributed by atoms with Crippen LogP contribution in [-0.4, -0.2) is 6.54 Å². The molecule has 0 N–H and O–H groups in total. The molecule has 1 aliphatic rings. The molecule has 0 spiro atoms. The molecule has 1 atom stereocenters. The van der Waals surface area contributed by atoms with Crippen LogP contribution in [0.2, 0.25) is 5.02 Å². The van der Waals surface area contributed by atoms with Gasteiger partial charge in [0.1, 0.15) is 0 Å². The molecule has 3 heteroatoms. The molecule has 2 aromatic rings. The third-order valence-corrected chi connectivity index (χ3v) is 4.66. The predicted molar refractivity (Wildman–Crippen MR) is 90.4 cm³/mol. The summed E-state index contributed by atoms with van der Waals surface area (Å²) >= 11 is 9.70. The molecule has 1 nitrogen and oxygen atoms in total. The molecular weight excluding hydrogens is 334 g/mol. The highest BCUT2D eigenvalue weighted by atomic mass is 79.9. The summed E-state index contributed by atoms with van der Waals surface area (Å²) in [6.07, 6.45) is 1.16. The van der Waals surface area contributed by atoms with E-state index in [4.69, 9.17) is 11.6 Å². The van der Waals surface area contributed by atoms with E-state index in [1.807, 2.05) is 12.1 Å². The first-order valence-corrected chi connectivity index (χ1v) is 8.39. The van der Waals surface area contributed by atoms with Gasteiger partial charge in [-0.15, -0.1) is 0 Å². The maximum Gasteiger partial charge on any atom is 0.0453 e. The van der Waals surface area contributed by atoms with Crippen molar-refractivity contribution >= 4 is 38.9 Å². The quantitative estimate of drug-likeness (QED) is 0.640. The van der Waals surface area contributed by atoms with Crippen molar-refractivity contribution in [2.24, 2.45) is 5.92 Å². The van der Waals surface area contributed by atoms with Gasteiger partial charge in [-0.05, 0) is 47.7 Å². The number of nitrogens with zero attached hydrogens (tertiary/aromatic N) is 1. The van der Waals surface area contributed by atoms with Gasteiger partial charge in [-0.1, -0.05) is 52.7 Å². The zero-order chi connectivity index (χ0) is 14.1. The fraction of sp³-hybridized carbons (Fsp3) is 0.294. The van der Waals surface area contributed by atoms with E-state index in [9.17, 15) is 0 Å². The van der Waals surface area contributed by atoms with Crippen LogP contribution in [0.4, 0.5) is 11.4 Å². The Hall–Kier alpha value is -0.990. The first-order valence-electron chi connectivity index (χ1n) is 6.89. The van der Waals surface area contributed by atoms with Crippen LogP contribution in [0.25, 0.3) is 0 Å². The Morgan fingerprint density at radius 3 is 2.80 bits per heavy atom. The van der Waals surface area contributed by atoms with Crippen LogP contribution >= 0.6 is 27.5 Å². The van der Waals surface area contributed by atoms with Crippen molar-refractivity contribution in [3.05, 3.63) is 58.6 Å². The molecular formula is C17H17BrClN. The second-order valence-corrected chi connectivity index (χ2v) is 6.45. The summed E-state index contributed by atoms with van der Waals surface area (Å²) in [6, 6.07) is 14.9. The molecule has 0 saturated carbocycles. The van der Waals surface area contributed by atoms with Gasteiger partial charge in [0.25, 0.3) is 0 Å². The standard InChI is InChI=1S/C17H17BrClN/c1-12-8-13-4-2-3-5-16(13)20(11-12)17-7-6-15(19)9-14(17)10-18/h2-7,9,12H,8,10-11H2,1H3. The molecule has 20 heavy (non-hydrogen) atoms. The van der Waals surface area contributed by atoms with E-state index >= 15 is 0 Å². The second kappa shape index (κ2) is 5.79. The maximum atomic E-state index is 6.12. The third kappa shape index (κ3) is 2.59. The van der Waals surface area contributed by atoms with E-state index in [2.05, 4.69) is 58.1 Å². The Kier molecular flexibility index (Phi) is 4.04. The molecule has 0 amide bonds. The molecule has 104 valence electrons. The van der Waals surface area contributed by atoms with Crippen LogP contribution < -0.4 is 4.90 Å². The predicted octanol–water partition coefficient (Wildman–Crippen LogP) is 5.57. The number of para-hydroxylation sites is 1. The zero-order valence-corrected chi connectivity index (χ0v) is 13.8. The van der Waals surface area contributed by atoms with E-state index in [-0.39, 0.29) is 0 Å². The number of anilines is 2. The first kappa shape index (κ1) is 14.0. The smallest absolute Gasteiger partial charge is 0.0453 e. The number of alkyl halides is 1. The number of rotatable bonds is 2. The highest BCUT2D eigenvalue weighted by Crippen LogP contribution is 2.38. The molecule has 0 saturated heterocycles. The summed E-state index contributed by atoms with van der Waals surface area (Å²) in [5.74, 6) is 0.656. The number of benzene rings is 2. The van der Waals surface area contributed by atoms with Gasteiger partial charge in [0, 0.05) is 28.3 Å². The molecule has 0 aliphatic carbocycles. The zero-order valence-electron chi connectivity index (χ0n) is 11.4. The van der Waals surface area contributed by atoms with E-state index in [0.717, 1.165) is 23.3 Å². The minimum Gasteiger partial charge on any atom is -0.341 e. The summed E-state index contributed by atoms with van der Waals surface area (Å²) in [4.78, 5) is 2.43. The van der Waals surface area contributed by atoms with Crippen LogP contribution in [0.5, 0.6) is 0 Å². The second-order valence-electron chi connectivity index (χ2n) is 5.46. The highest BCUT2D eigenvalue weighted by molar-refractivity contribution is 9.08. The largest absolute Gasteiger partial charge is 0.341 e. The van der Waals surface area contributed by atoms with Crippen molar-refractivity contribution in [2.75, 3.05) is 11.4 Å². The van der Waals surface area contributed by atoms with Gasteiger partial charge in [-0.3, -0.25) is 0 Å². The summed E-state index contributed by atoms with van der Waals surface area (Å²) in [6.45, 7) is 3.37. The minimum absolute atomic E-state index is 0.656. The van der Waals surface area contributed by atoms with Crippen LogP contribution in [0.1, 0.15) is 18.1 Å². The van der Waals surface area contributed by atoms with Crippen LogP contribution in [0.15, 0.2) is 42.5 Å². The van der Waals surface area contributed by atoms with Crippen molar-refractivity contribution in [1.29, 1.82) is 0 Å². The van der Waals surface area contributed by atoms with E-state index < -0.39 is 0 Å². The normalized spacial score (nSPS) is 17.9. The number of hydrogen-bond acceptors (Lipinski definition) is 1. The van der Waals surface area contributed by atoms with Crippen molar-refractivity contribution in [1.82, 2.24) is 0 Å². The number of hydrogen-bond donors (Lipinski definition) is 0. The minimum atomic E-state index is 0.656. The van der Waals surface area contributed by atoms with E-state index in [0.29, 0.717) is 5.92 Å². The van der Waals surface area contributed by atoms with Gasteiger partial charge in [0.15, 0.2) is 0 Å². The summed E-state index contributed by atoms with van der Waals surface area (Å²) < 4.78 is 0. The van der Waals surface area contributed by atoms with Crippen LogP contribution in [-0.2, 0) is 11.8 Å². The molecule has 2 aromatic carbocycles.